The van der Waals surface area contributed by atoms with Gasteiger partial charge in [-0.05, 0) is 42.2 Å². The first-order valence-corrected chi connectivity index (χ1v) is 7.54. The van der Waals surface area contributed by atoms with Crippen molar-refractivity contribution in [1.82, 2.24) is 0 Å². The number of para-hydroxylation sites is 1. The number of hydrogen-bond donors (Lipinski definition) is 1. The van der Waals surface area contributed by atoms with Crippen LogP contribution in [0.5, 0.6) is 11.5 Å². The minimum absolute atomic E-state index is 0.198. The molecule has 3 nitrogen and oxygen atoms in total. The van der Waals surface area contributed by atoms with E-state index in [1.165, 1.54) is 16.7 Å². The first-order valence-electron chi connectivity index (χ1n) is 7.54. The molecule has 3 heteroatoms. The van der Waals surface area contributed by atoms with Gasteiger partial charge in [0.05, 0.1) is 19.1 Å². The molecule has 1 aliphatic heterocycles. The van der Waals surface area contributed by atoms with Crippen molar-refractivity contribution in [2.75, 3.05) is 13.2 Å². The summed E-state index contributed by atoms with van der Waals surface area (Å²) in [6, 6.07) is 14.7. The second-order valence-electron chi connectivity index (χ2n) is 5.86. The molecule has 0 spiro atoms. The molecule has 0 saturated carbocycles. The molecule has 0 amide bonds. The highest BCUT2D eigenvalue weighted by Gasteiger charge is 2.24. The summed E-state index contributed by atoms with van der Waals surface area (Å²) in [6.45, 7) is 1.36. The molecule has 1 aliphatic carbocycles. The molecule has 2 N–H and O–H groups in total. The van der Waals surface area contributed by atoms with Crippen LogP contribution in [-0.2, 0) is 6.42 Å². The van der Waals surface area contributed by atoms with E-state index in [-0.39, 0.29) is 6.04 Å². The molecular weight excluding hydrogens is 262 g/mol. The van der Waals surface area contributed by atoms with Crippen LogP contribution in [0.1, 0.15) is 35.1 Å². The fourth-order valence-corrected chi connectivity index (χ4v) is 3.28. The molecule has 2 atom stereocenters. The summed E-state index contributed by atoms with van der Waals surface area (Å²) in [5.74, 6) is 2.25. The van der Waals surface area contributed by atoms with Gasteiger partial charge in [-0.15, -0.1) is 0 Å². The first-order chi connectivity index (χ1) is 10.3. The van der Waals surface area contributed by atoms with E-state index >= 15 is 0 Å². The third kappa shape index (κ3) is 2.28. The molecule has 2 aromatic rings. The van der Waals surface area contributed by atoms with Gasteiger partial charge in [0.2, 0.25) is 0 Å². The summed E-state index contributed by atoms with van der Waals surface area (Å²) in [4.78, 5) is 0. The maximum absolute atomic E-state index is 6.07. The van der Waals surface area contributed by atoms with Gasteiger partial charge in [0.15, 0.2) is 0 Å². The van der Waals surface area contributed by atoms with Crippen molar-refractivity contribution in [3.63, 3.8) is 0 Å². The zero-order valence-electron chi connectivity index (χ0n) is 11.9. The Kier molecular flexibility index (Phi) is 3.08. The van der Waals surface area contributed by atoms with E-state index in [9.17, 15) is 0 Å². The normalized spacial score (nSPS) is 22.5. The smallest absolute Gasteiger partial charge is 0.123 e. The first kappa shape index (κ1) is 12.7. The van der Waals surface area contributed by atoms with E-state index in [2.05, 4.69) is 24.3 Å². The molecule has 0 bridgehead atoms. The molecule has 2 aliphatic rings. The average Bonchev–Trinajstić information content (AvgIpc) is 3.09. The van der Waals surface area contributed by atoms with Crippen molar-refractivity contribution in [3.8, 4) is 11.5 Å². The van der Waals surface area contributed by atoms with E-state index in [4.69, 9.17) is 15.2 Å². The summed E-state index contributed by atoms with van der Waals surface area (Å²) in [6.07, 6.45) is 2.10. The van der Waals surface area contributed by atoms with Gasteiger partial charge >= 0.3 is 0 Å². The highest BCUT2D eigenvalue weighted by atomic mass is 16.5. The van der Waals surface area contributed by atoms with Crippen LogP contribution in [0.15, 0.2) is 42.5 Å². The Morgan fingerprint density at radius 3 is 3.00 bits per heavy atom. The Morgan fingerprint density at radius 1 is 1.14 bits per heavy atom. The van der Waals surface area contributed by atoms with Crippen LogP contribution in [0.2, 0.25) is 0 Å². The van der Waals surface area contributed by atoms with E-state index in [0.29, 0.717) is 19.1 Å². The monoisotopic (exact) mass is 281 g/mol. The summed E-state index contributed by atoms with van der Waals surface area (Å²) < 4.78 is 11.7. The lowest BCUT2D eigenvalue weighted by atomic mass is 10.0. The van der Waals surface area contributed by atoms with Gasteiger partial charge in [-0.1, -0.05) is 24.3 Å². The molecule has 4 rings (SSSR count). The minimum Gasteiger partial charge on any atom is -0.493 e. The van der Waals surface area contributed by atoms with Gasteiger partial charge in [0.1, 0.15) is 11.5 Å². The number of hydrogen-bond acceptors (Lipinski definition) is 3. The van der Waals surface area contributed by atoms with Crippen LogP contribution in [0.4, 0.5) is 0 Å². The van der Waals surface area contributed by atoms with Gasteiger partial charge in [-0.3, -0.25) is 0 Å². The van der Waals surface area contributed by atoms with E-state index in [0.717, 1.165) is 24.3 Å². The van der Waals surface area contributed by atoms with Crippen molar-refractivity contribution in [2.45, 2.75) is 24.8 Å². The fraction of sp³-hybridized carbons (Fsp3) is 0.333. The van der Waals surface area contributed by atoms with Crippen molar-refractivity contribution in [2.24, 2.45) is 5.73 Å². The number of rotatable bonds is 3. The average molecular weight is 281 g/mol. The molecule has 1 unspecified atom stereocenters. The van der Waals surface area contributed by atoms with Crippen molar-refractivity contribution >= 4 is 0 Å². The van der Waals surface area contributed by atoms with Crippen LogP contribution in [0.25, 0.3) is 0 Å². The van der Waals surface area contributed by atoms with Crippen LogP contribution >= 0.6 is 0 Å². The van der Waals surface area contributed by atoms with Crippen molar-refractivity contribution < 1.29 is 9.47 Å². The van der Waals surface area contributed by atoms with Crippen molar-refractivity contribution in [3.05, 3.63) is 59.2 Å². The predicted octanol–water partition coefficient (Wildman–Crippen LogP) is 3.19. The quantitative estimate of drug-likeness (QED) is 0.939. The molecular formula is C18H19NO2. The van der Waals surface area contributed by atoms with Gasteiger partial charge in [0.25, 0.3) is 0 Å². The van der Waals surface area contributed by atoms with Gasteiger partial charge < -0.3 is 15.2 Å². The Balaban J connectivity index is 1.46. The van der Waals surface area contributed by atoms with E-state index in [1.54, 1.807) is 0 Å². The lowest BCUT2D eigenvalue weighted by molar-refractivity contribution is 0.248. The molecule has 2 aromatic carbocycles. The largest absolute Gasteiger partial charge is 0.493 e. The Bertz CT molecular complexity index is 668. The summed E-state index contributed by atoms with van der Waals surface area (Å²) >= 11 is 0. The number of aryl methyl sites for hydroxylation is 1. The lowest BCUT2D eigenvalue weighted by Gasteiger charge is -2.13. The highest BCUT2D eigenvalue weighted by Crippen LogP contribution is 2.35. The van der Waals surface area contributed by atoms with Gasteiger partial charge in [-0.25, -0.2) is 0 Å². The zero-order valence-corrected chi connectivity index (χ0v) is 11.9. The van der Waals surface area contributed by atoms with Crippen LogP contribution in [-0.4, -0.2) is 13.2 Å². The number of nitrogens with two attached hydrogens (primary N) is 1. The third-order valence-electron chi connectivity index (χ3n) is 4.49. The molecule has 0 aromatic heterocycles. The van der Waals surface area contributed by atoms with Crippen LogP contribution in [0, 0.1) is 0 Å². The Labute approximate surface area is 124 Å². The second kappa shape index (κ2) is 5.08. The molecule has 0 saturated heterocycles. The summed E-state index contributed by atoms with van der Waals surface area (Å²) in [5, 5.41) is 0. The minimum atomic E-state index is 0.198. The second-order valence-corrected chi connectivity index (χ2v) is 5.86. The van der Waals surface area contributed by atoms with Crippen LogP contribution < -0.4 is 15.2 Å². The zero-order chi connectivity index (χ0) is 14.2. The topological polar surface area (TPSA) is 44.5 Å². The standard InChI is InChI=1S/C18H19NO2/c19-17-8-5-12-9-14(6-7-15(12)17)20-10-13-11-21-18-4-2-1-3-16(13)18/h1-4,6-7,9,13,17H,5,8,10-11,19H2/t13?,17-/m0/s1. The molecule has 0 fully saturated rings. The highest BCUT2D eigenvalue weighted by molar-refractivity contribution is 5.42. The van der Waals surface area contributed by atoms with Crippen LogP contribution in [0.3, 0.4) is 0 Å². The molecule has 21 heavy (non-hydrogen) atoms. The maximum Gasteiger partial charge on any atom is 0.123 e. The molecule has 0 radical (unpaired) electrons. The van der Waals surface area contributed by atoms with E-state index in [1.807, 2.05) is 18.2 Å². The maximum atomic E-state index is 6.07. The summed E-state index contributed by atoms with van der Waals surface area (Å²) in [7, 11) is 0. The summed E-state index contributed by atoms with van der Waals surface area (Å²) in [5.41, 5.74) is 9.93. The number of ether oxygens (including phenoxy) is 2. The van der Waals surface area contributed by atoms with Gasteiger partial charge in [-0.2, -0.15) is 0 Å². The molecule has 1 heterocycles. The number of benzene rings is 2. The van der Waals surface area contributed by atoms with E-state index < -0.39 is 0 Å². The van der Waals surface area contributed by atoms with Gasteiger partial charge in [0, 0.05) is 11.6 Å². The predicted molar refractivity (Wildman–Crippen MR) is 81.9 cm³/mol. The SMILES string of the molecule is N[C@H]1CCc2cc(OCC3COc4ccccc43)ccc21. The number of fused-ring (bicyclic) bond motifs is 2. The molecule has 108 valence electrons. The fourth-order valence-electron chi connectivity index (χ4n) is 3.28. The Hall–Kier alpha value is -2.00. The third-order valence-corrected chi connectivity index (χ3v) is 4.49. The Morgan fingerprint density at radius 2 is 2.05 bits per heavy atom. The van der Waals surface area contributed by atoms with Crippen molar-refractivity contribution in [1.29, 1.82) is 0 Å². The lowest BCUT2D eigenvalue weighted by Crippen LogP contribution is -2.12.